The van der Waals surface area contributed by atoms with Crippen molar-refractivity contribution < 1.29 is 0 Å². The van der Waals surface area contributed by atoms with Crippen LogP contribution < -0.4 is 4.90 Å². The third-order valence-electron chi connectivity index (χ3n) is 3.55. The Kier molecular flexibility index (Phi) is 2.72. The summed E-state index contributed by atoms with van der Waals surface area (Å²) in [7, 11) is 0. The molecule has 0 N–H and O–H groups in total. The van der Waals surface area contributed by atoms with Crippen LogP contribution in [0, 0.1) is 17.2 Å². The second-order valence-corrected chi connectivity index (χ2v) is 5.48. The van der Waals surface area contributed by atoms with Gasteiger partial charge in [-0.2, -0.15) is 5.26 Å². The van der Waals surface area contributed by atoms with E-state index in [1.165, 1.54) is 25.7 Å². The highest BCUT2D eigenvalue weighted by atomic mass is 35.5. The summed E-state index contributed by atoms with van der Waals surface area (Å²) in [6, 6.07) is 8.66. The second-order valence-electron chi connectivity index (χ2n) is 5.07. The first-order chi connectivity index (χ1) is 8.29. The first-order valence-corrected chi connectivity index (χ1v) is 6.62. The minimum Gasteiger partial charge on any atom is -0.367 e. The van der Waals surface area contributed by atoms with Gasteiger partial charge in [0.2, 0.25) is 0 Å². The lowest BCUT2D eigenvalue weighted by Gasteiger charge is -2.26. The normalized spacial score (nSPS) is 18.8. The molecule has 0 amide bonds. The Morgan fingerprint density at radius 2 is 2.06 bits per heavy atom. The number of nitriles is 1. The largest absolute Gasteiger partial charge is 0.367 e. The standard InChI is InChI=1S/C14H15ClN2/c15-13-2-1-3-14(12(13)8-16)17(11-6-7-11)9-10-4-5-10/h1-3,10-11H,4-7,9H2. The lowest BCUT2D eigenvalue weighted by Crippen LogP contribution is -2.28. The summed E-state index contributed by atoms with van der Waals surface area (Å²) >= 11 is 6.10. The number of hydrogen-bond acceptors (Lipinski definition) is 2. The van der Waals surface area contributed by atoms with Gasteiger partial charge < -0.3 is 4.90 Å². The van der Waals surface area contributed by atoms with E-state index >= 15 is 0 Å². The van der Waals surface area contributed by atoms with Crippen molar-refractivity contribution in [2.75, 3.05) is 11.4 Å². The Morgan fingerprint density at radius 1 is 1.29 bits per heavy atom. The zero-order chi connectivity index (χ0) is 11.8. The first-order valence-electron chi connectivity index (χ1n) is 6.25. The lowest BCUT2D eigenvalue weighted by molar-refractivity contribution is 0.718. The number of rotatable bonds is 4. The van der Waals surface area contributed by atoms with Gasteiger partial charge in [-0.1, -0.05) is 17.7 Å². The van der Waals surface area contributed by atoms with Crippen LogP contribution in [-0.4, -0.2) is 12.6 Å². The van der Waals surface area contributed by atoms with Gasteiger partial charge in [-0.3, -0.25) is 0 Å². The molecule has 2 nitrogen and oxygen atoms in total. The number of benzene rings is 1. The van der Waals surface area contributed by atoms with Crippen LogP contribution >= 0.6 is 11.6 Å². The van der Waals surface area contributed by atoms with Gasteiger partial charge in [0.25, 0.3) is 0 Å². The van der Waals surface area contributed by atoms with E-state index in [1.54, 1.807) is 6.07 Å². The fourth-order valence-electron chi connectivity index (χ4n) is 2.27. The van der Waals surface area contributed by atoms with Crippen molar-refractivity contribution in [3.05, 3.63) is 28.8 Å². The number of hydrogen-bond donors (Lipinski definition) is 0. The van der Waals surface area contributed by atoms with Crippen molar-refractivity contribution >= 4 is 17.3 Å². The zero-order valence-electron chi connectivity index (χ0n) is 9.69. The van der Waals surface area contributed by atoms with Gasteiger partial charge in [-0.25, -0.2) is 0 Å². The average molecular weight is 247 g/mol. The van der Waals surface area contributed by atoms with Crippen LogP contribution in [-0.2, 0) is 0 Å². The van der Waals surface area contributed by atoms with Crippen molar-refractivity contribution in [3.63, 3.8) is 0 Å². The molecule has 2 aliphatic rings. The zero-order valence-corrected chi connectivity index (χ0v) is 10.5. The molecule has 2 aliphatic carbocycles. The molecule has 88 valence electrons. The Morgan fingerprint density at radius 3 is 2.65 bits per heavy atom. The topological polar surface area (TPSA) is 27.0 Å². The van der Waals surface area contributed by atoms with Gasteiger partial charge in [-0.05, 0) is 43.7 Å². The van der Waals surface area contributed by atoms with Gasteiger partial charge in [0.05, 0.1) is 16.3 Å². The van der Waals surface area contributed by atoms with E-state index in [0.717, 1.165) is 18.2 Å². The quantitative estimate of drug-likeness (QED) is 0.812. The fourth-order valence-corrected chi connectivity index (χ4v) is 2.48. The number of nitrogens with zero attached hydrogens (tertiary/aromatic N) is 2. The molecule has 0 unspecified atom stereocenters. The molecule has 1 aromatic carbocycles. The molecular formula is C14H15ClN2. The molecule has 0 heterocycles. The Labute approximate surface area is 107 Å². The van der Waals surface area contributed by atoms with Crippen molar-refractivity contribution in [1.82, 2.24) is 0 Å². The lowest BCUT2D eigenvalue weighted by atomic mass is 10.1. The average Bonchev–Trinajstić information content (AvgIpc) is 3.17. The maximum absolute atomic E-state index is 9.24. The van der Waals surface area contributed by atoms with Crippen molar-refractivity contribution in [2.45, 2.75) is 31.7 Å². The molecule has 0 spiro atoms. The molecule has 0 saturated heterocycles. The van der Waals surface area contributed by atoms with Crippen LogP contribution in [0.4, 0.5) is 5.69 Å². The molecule has 0 aromatic heterocycles. The Balaban J connectivity index is 1.93. The van der Waals surface area contributed by atoms with E-state index in [9.17, 15) is 5.26 Å². The van der Waals surface area contributed by atoms with E-state index < -0.39 is 0 Å². The molecule has 3 heteroatoms. The molecule has 2 fully saturated rings. The summed E-state index contributed by atoms with van der Waals surface area (Å²) in [5.74, 6) is 0.834. The highest BCUT2D eigenvalue weighted by Crippen LogP contribution is 2.39. The predicted octanol–water partition coefficient (Wildman–Crippen LogP) is 3.59. The van der Waals surface area contributed by atoms with Crippen LogP contribution in [0.5, 0.6) is 0 Å². The van der Waals surface area contributed by atoms with E-state index in [4.69, 9.17) is 11.6 Å². The van der Waals surface area contributed by atoms with Crippen molar-refractivity contribution in [2.24, 2.45) is 5.92 Å². The van der Waals surface area contributed by atoms with Crippen LogP contribution in [0.15, 0.2) is 18.2 Å². The van der Waals surface area contributed by atoms with E-state index in [-0.39, 0.29) is 0 Å². The van der Waals surface area contributed by atoms with E-state index in [2.05, 4.69) is 11.0 Å². The third-order valence-corrected chi connectivity index (χ3v) is 3.87. The minimum atomic E-state index is 0.575. The smallest absolute Gasteiger partial charge is 0.103 e. The molecule has 17 heavy (non-hydrogen) atoms. The van der Waals surface area contributed by atoms with Crippen LogP contribution in [0.2, 0.25) is 5.02 Å². The monoisotopic (exact) mass is 246 g/mol. The molecule has 0 atom stereocenters. The van der Waals surface area contributed by atoms with Crippen LogP contribution in [0.25, 0.3) is 0 Å². The Hall–Kier alpha value is -1.20. The summed E-state index contributed by atoms with van der Waals surface area (Å²) in [6.07, 6.45) is 5.19. The molecular weight excluding hydrogens is 232 g/mol. The van der Waals surface area contributed by atoms with Crippen LogP contribution in [0.3, 0.4) is 0 Å². The molecule has 0 bridgehead atoms. The minimum absolute atomic E-state index is 0.575. The molecule has 0 aliphatic heterocycles. The van der Waals surface area contributed by atoms with Crippen molar-refractivity contribution in [1.29, 1.82) is 5.26 Å². The maximum atomic E-state index is 9.24. The van der Waals surface area contributed by atoms with Gasteiger partial charge in [-0.15, -0.1) is 0 Å². The maximum Gasteiger partial charge on any atom is 0.103 e. The second kappa shape index (κ2) is 4.23. The van der Waals surface area contributed by atoms with Gasteiger partial charge in [0.15, 0.2) is 0 Å². The number of halogens is 1. The van der Waals surface area contributed by atoms with E-state index in [0.29, 0.717) is 16.6 Å². The third kappa shape index (κ3) is 2.25. The first kappa shape index (κ1) is 10.9. The van der Waals surface area contributed by atoms with Gasteiger partial charge in [0.1, 0.15) is 6.07 Å². The van der Waals surface area contributed by atoms with E-state index in [1.807, 2.05) is 12.1 Å². The van der Waals surface area contributed by atoms with Gasteiger partial charge in [0, 0.05) is 12.6 Å². The number of anilines is 1. The summed E-state index contributed by atoms with van der Waals surface area (Å²) in [5.41, 5.74) is 1.68. The molecule has 2 saturated carbocycles. The molecule has 3 rings (SSSR count). The summed E-state index contributed by atoms with van der Waals surface area (Å²) in [5, 5.41) is 9.81. The van der Waals surface area contributed by atoms with Crippen molar-refractivity contribution in [3.8, 4) is 6.07 Å². The summed E-state index contributed by atoms with van der Waals surface area (Å²) < 4.78 is 0. The fraction of sp³-hybridized carbons (Fsp3) is 0.500. The SMILES string of the molecule is N#Cc1c(Cl)cccc1N(CC1CC1)C1CC1. The highest BCUT2D eigenvalue weighted by molar-refractivity contribution is 6.32. The molecule has 0 radical (unpaired) electrons. The van der Waals surface area contributed by atoms with Crippen LogP contribution in [0.1, 0.15) is 31.2 Å². The van der Waals surface area contributed by atoms with Gasteiger partial charge >= 0.3 is 0 Å². The Bertz CT molecular complexity index is 470. The predicted molar refractivity (Wildman–Crippen MR) is 69.3 cm³/mol. The summed E-state index contributed by atoms with van der Waals surface area (Å²) in [6.45, 7) is 1.10. The highest BCUT2D eigenvalue weighted by Gasteiger charge is 2.34. The molecule has 1 aromatic rings. The summed E-state index contributed by atoms with van der Waals surface area (Å²) in [4.78, 5) is 2.40.